The molecule has 0 radical (unpaired) electrons. The topological polar surface area (TPSA) is 22.1 Å². The second-order valence-corrected chi connectivity index (χ2v) is 3.04. The molecule has 0 aromatic carbocycles. The zero-order valence-corrected chi connectivity index (χ0v) is 7.25. The number of pyridine rings is 1. The van der Waals surface area contributed by atoms with Crippen molar-refractivity contribution in [2.45, 2.75) is 13.8 Å². The fourth-order valence-electron chi connectivity index (χ4n) is 0.734. The van der Waals surface area contributed by atoms with E-state index in [0.717, 1.165) is 6.20 Å². The summed E-state index contributed by atoms with van der Waals surface area (Å²) in [4.78, 5) is 3.66. The van der Waals surface area contributed by atoms with Crippen molar-refractivity contribution in [3.05, 3.63) is 24.3 Å². The lowest BCUT2D eigenvalue weighted by atomic mass is 10.2. The zero-order chi connectivity index (χ0) is 8.97. The number of rotatable bonds is 3. The predicted molar refractivity (Wildman–Crippen MR) is 44.5 cm³/mol. The molecule has 1 rings (SSSR count). The lowest BCUT2D eigenvalue weighted by molar-refractivity contribution is 0.269. The Bertz CT molecular complexity index is 250. The van der Waals surface area contributed by atoms with Crippen LogP contribution in [0.3, 0.4) is 0 Å². The van der Waals surface area contributed by atoms with E-state index < -0.39 is 0 Å². The van der Waals surface area contributed by atoms with Crippen LogP contribution in [0.5, 0.6) is 5.75 Å². The van der Waals surface area contributed by atoms with Gasteiger partial charge in [0, 0.05) is 6.07 Å². The van der Waals surface area contributed by atoms with Crippen molar-refractivity contribution in [1.82, 2.24) is 4.98 Å². The first-order valence-electron chi connectivity index (χ1n) is 3.92. The molecule has 0 aliphatic carbocycles. The third-order valence-corrected chi connectivity index (χ3v) is 1.26. The highest BCUT2D eigenvalue weighted by atomic mass is 19.1. The monoisotopic (exact) mass is 169 g/mol. The zero-order valence-electron chi connectivity index (χ0n) is 7.25. The molecule has 0 saturated carbocycles. The number of hydrogen-bond donors (Lipinski definition) is 0. The summed E-state index contributed by atoms with van der Waals surface area (Å²) in [5.41, 5.74) is 0. The second-order valence-electron chi connectivity index (χ2n) is 3.04. The van der Waals surface area contributed by atoms with Gasteiger partial charge >= 0.3 is 0 Å². The molecule has 2 nitrogen and oxygen atoms in total. The minimum absolute atomic E-state index is 0.365. The second kappa shape index (κ2) is 4.04. The first kappa shape index (κ1) is 8.97. The number of aromatic nitrogens is 1. The Hall–Kier alpha value is -1.12. The fourth-order valence-corrected chi connectivity index (χ4v) is 0.734. The summed E-state index contributed by atoms with van der Waals surface area (Å²) in [6.45, 7) is 4.66. The first-order chi connectivity index (χ1) is 5.68. The SMILES string of the molecule is CC(C)COc1cncc(F)c1. The molecule has 0 aliphatic heterocycles. The van der Waals surface area contributed by atoms with Gasteiger partial charge in [0.15, 0.2) is 0 Å². The van der Waals surface area contributed by atoms with Gasteiger partial charge in [-0.25, -0.2) is 4.39 Å². The number of nitrogens with zero attached hydrogens (tertiary/aromatic N) is 1. The van der Waals surface area contributed by atoms with Gasteiger partial charge in [-0.1, -0.05) is 13.8 Å². The van der Waals surface area contributed by atoms with Crippen molar-refractivity contribution >= 4 is 0 Å². The molecule has 0 unspecified atom stereocenters. The quantitative estimate of drug-likeness (QED) is 0.692. The van der Waals surface area contributed by atoms with Crippen LogP contribution in [0.4, 0.5) is 4.39 Å². The Morgan fingerprint density at radius 3 is 2.83 bits per heavy atom. The average molecular weight is 169 g/mol. The third-order valence-electron chi connectivity index (χ3n) is 1.26. The molecular formula is C9H12FNO. The average Bonchev–Trinajstić information content (AvgIpc) is 2.01. The van der Waals surface area contributed by atoms with Crippen molar-refractivity contribution in [3.8, 4) is 5.75 Å². The van der Waals surface area contributed by atoms with Crippen LogP contribution in [0.25, 0.3) is 0 Å². The summed E-state index contributed by atoms with van der Waals surface area (Å²) in [5.74, 6) is 0.563. The maximum atomic E-state index is 12.5. The van der Waals surface area contributed by atoms with Crippen molar-refractivity contribution in [2.75, 3.05) is 6.61 Å². The Balaban J connectivity index is 2.52. The van der Waals surface area contributed by atoms with E-state index in [4.69, 9.17) is 4.74 Å². The summed E-state index contributed by atoms with van der Waals surface area (Å²) >= 11 is 0. The largest absolute Gasteiger partial charge is 0.492 e. The van der Waals surface area contributed by atoms with Crippen LogP contribution in [0.2, 0.25) is 0 Å². The van der Waals surface area contributed by atoms with E-state index in [2.05, 4.69) is 4.98 Å². The van der Waals surface area contributed by atoms with Gasteiger partial charge in [0.2, 0.25) is 0 Å². The number of hydrogen-bond acceptors (Lipinski definition) is 2. The molecule has 0 spiro atoms. The fraction of sp³-hybridized carbons (Fsp3) is 0.444. The van der Waals surface area contributed by atoms with Gasteiger partial charge < -0.3 is 4.74 Å². The Kier molecular flexibility index (Phi) is 3.02. The summed E-state index contributed by atoms with van der Waals surface area (Å²) in [6.07, 6.45) is 2.66. The normalized spacial score (nSPS) is 10.3. The van der Waals surface area contributed by atoms with E-state index in [9.17, 15) is 4.39 Å². The van der Waals surface area contributed by atoms with E-state index in [0.29, 0.717) is 18.3 Å². The molecule has 1 aromatic rings. The molecule has 12 heavy (non-hydrogen) atoms. The van der Waals surface area contributed by atoms with Crippen LogP contribution in [0, 0.1) is 11.7 Å². The van der Waals surface area contributed by atoms with E-state index >= 15 is 0 Å². The molecular weight excluding hydrogens is 157 g/mol. The molecule has 0 bridgehead atoms. The maximum Gasteiger partial charge on any atom is 0.145 e. The molecule has 0 atom stereocenters. The van der Waals surface area contributed by atoms with Gasteiger partial charge in [-0.05, 0) is 5.92 Å². The molecule has 66 valence electrons. The Morgan fingerprint density at radius 2 is 2.25 bits per heavy atom. The number of ether oxygens (including phenoxy) is 1. The van der Waals surface area contributed by atoms with Crippen molar-refractivity contribution in [2.24, 2.45) is 5.92 Å². The molecule has 1 heterocycles. The summed E-state index contributed by atoms with van der Waals surface area (Å²) in [7, 11) is 0. The highest BCUT2D eigenvalue weighted by Gasteiger charge is 1.98. The minimum atomic E-state index is -0.365. The van der Waals surface area contributed by atoms with Gasteiger partial charge in [0.1, 0.15) is 11.6 Å². The van der Waals surface area contributed by atoms with Gasteiger partial charge in [-0.2, -0.15) is 0 Å². The Labute approximate surface area is 71.4 Å². The number of halogens is 1. The van der Waals surface area contributed by atoms with E-state index in [1.54, 1.807) is 0 Å². The molecule has 0 aliphatic rings. The van der Waals surface area contributed by atoms with Crippen molar-refractivity contribution in [1.29, 1.82) is 0 Å². The minimum Gasteiger partial charge on any atom is -0.492 e. The van der Waals surface area contributed by atoms with Gasteiger partial charge in [-0.15, -0.1) is 0 Å². The van der Waals surface area contributed by atoms with Crippen LogP contribution < -0.4 is 4.74 Å². The van der Waals surface area contributed by atoms with E-state index in [-0.39, 0.29) is 5.82 Å². The molecule has 0 amide bonds. The van der Waals surface area contributed by atoms with Gasteiger partial charge in [0.05, 0.1) is 19.0 Å². The van der Waals surface area contributed by atoms with Gasteiger partial charge in [-0.3, -0.25) is 4.98 Å². The summed E-state index contributed by atoms with van der Waals surface area (Å²) in [6, 6.07) is 1.33. The molecule has 1 aromatic heterocycles. The van der Waals surface area contributed by atoms with Crippen molar-refractivity contribution in [3.63, 3.8) is 0 Å². The van der Waals surface area contributed by atoms with Crippen LogP contribution in [-0.4, -0.2) is 11.6 Å². The smallest absolute Gasteiger partial charge is 0.145 e. The van der Waals surface area contributed by atoms with Gasteiger partial charge in [0.25, 0.3) is 0 Å². The first-order valence-corrected chi connectivity index (χ1v) is 3.92. The predicted octanol–water partition coefficient (Wildman–Crippen LogP) is 2.26. The Morgan fingerprint density at radius 1 is 1.50 bits per heavy atom. The van der Waals surface area contributed by atoms with E-state index in [1.165, 1.54) is 12.3 Å². The van der Waals surface area contributed by atoms with Crippen LogP contribution in [0.15, 0.2) is 18.5 Å². The summed E-state index contributed by atoms with van der Waals surface area (Å²) in [5, 5.41) is 0. The van der Waals surface area contributed by atoms with Crippen LogP contribution >= 0.6 is 0 Å². The highest BCUT2D eigenvalue weighted by molar-refractivity contribution is 5.16. The lowest BCUT2D eigenvalue weighted by Gasteiger charge is -2.07. The molecule has 0 fully saturated rings. The maximum absolute atomic E-state index is 12.5. The third kappa shape index (κ3) is 2.86. The molecule has 0 N–H and O–H groups in total. The standard InChI is InChI=1S/C9H12FNO/c1-7(2)6-12-9-3-8(10)4-11-5-9/h3-5,7H,6H2,1-2H3. The van der Waals surface area contributed by atoms with Crippen LogP contribution in [0.1, 0.15) is 13.8 Å². The molecule has 0 saturated heterocycles. The lowest BCUT2D eigenvalue weighted by Crippen LogP contribution is -2.04. The van der Waals surface area contributed by atoms with Crippen LogP contribution in [-0.2, 0) is 0 Å². The van der Waals surface area contributed by atoms with E-state index in [1.807, 2.05) is 13.8 Å². The highest BCUT2D eigenvalue weighted by Crippen LogP contribution is 2.10. The van der Waals surface area contributed by atoms with Crippen molar-refractivity contribution < 1.29 is 9.13 Å². The molecule has 3 heteroatoms. The summed E-state index contributed by atoms with van der Waals surface area (Å²) < 4.78 is 17.8.